The van der Waals surface area contributed by atoms with Crippen molar-refractivity contribution in [2.75, 3.05) is 7.11 Å². The minimum absolute atomic E-state index is 0.297. The van der Waals surface area contributed by atoms with E-state index in [0.29, 0.717) is 16.2 Å². The van der Waals surface area contributed by atoms with Crippen LogP contribution >= 0.6 is 11.8 Å². The van der Waals surface area contributed by atoms with Crippen LogP contribution in [0.2, 0.25) is 0 Å². The lowest BCUT2D eigenvalue weighted by Crippen LogP contribution is -1.97. The van der Waals surface area contributed by atoms with Gasteiger partial charge in [0.1, 0.15) is 17.2 Å². The number of carbonyl (C=O) groups is 1. The molecule has 1 N–H and O–H groups in total. The first-order chi connectivity index (χ1) is 13.2. The van der Waals surface area contributed by atoms with Crippen molar-refractivity contribution in [1.82, 2.24) is 0 Å². The predicted molar refractivity (Wildman–Crippen MR) is 108 cm³/mol. The maximum atomic E-state index is 11.3. The summed E-state index contributed by atoms with van der Waals surface area (Å²) < 4.78 is 10.9. The summed E-state index contributed by atoms with van der Waals surface area (Å²) in [4.78, 5) is 12.9. The molecule has 0 aliphatic rings. The number of ether oxygens (including phenoxy) is 2. The summed E-state index contributed by atoms with van der Waals surface area (Å²) >= 11 is 1.41. The molecule has 0 fully saturated rings. The maximum Gasteiger partial charge on any atom is 0.336 e. The van der Waals surface area contributed by atoms with Gasteiger partial charge in [0.25, 0.3) is 0 Å². The van der Waals surface area contributed by atoms with E-state index in [1.54, 1.807) is 25.3 Å². The highest BCUT2D eigenvalue weighted by Crippen LogP contribution is 2.32. The summed E-state index contributed by atoms with van der Waals surface area (Å²) in [6.07, 6.45) is 0. The highest BCUT2D eigenvalue weighted by molar-refractivity contribution is 7.99. The molecule has 3 rings (SSSR count). The van der Waals surface area contributed by atoms with Gasteiger partial charge in [0.15, 0.2) is 0 Å². The largest absolute Gasteiger partial charge is 0.497 e. The third-order valence-corrected chi connectivity index (χ3v) is 4.55. The van der Waals surface area contributed by atoms with Gasteiger partial charge >= 0.3 is 5.97 Å². The van der Waals surface area contributed by atoms with Gasteiger partial charge in [-0.3, -0.25) is 0 Å². The number of aromatic carboxylic acids is 1. The van der Waals surface area contributed by atoms with Gasteiger partial charge in [-0.1, -0.05) is 37.7 Å². The number of hydrogen-bond donors (Lipinski definition) is 1. The second kappa shape index (κ2) is 10.3. The van der Waals surface area contributed by atoms with E-state index in [1.807, 2.05) is 68.4 Å². The summed E-state index contributed by atoms with van der Waals surface area (Å²) in [5.41, 5.74) is 0.297. The van der Waals surface area contributed by atoms with E-state index in [9.17, 15) is 9.90 Å². The van der Waals surface area contributed by atoms with Gasteiger partial charge in [0, 0.05) is 9.79 Å². The first kappa shape index (κ1) is 20.4. The Morgan fingerprint density at radius 2 is 1.33 bits per heavy atom. The molecule has 0 amide bonds. The van der Waals surface area contributed by atoms with E-state index < -0.39 is 5.97 Å². The molecule has 27 heavy (non-hydrogen) atoms. The van der Waals surface area contributed by atoms with E-state index in [-0.39, 0.29) is 0 Å². The zero-order chi connectivity index (χ0) is 19.6. The number of carboxylic acid groups (broad SMARTS) is 1. The van der Waals surface area contributed by atoms with Gasteiger partial charge in [0.2, 0.25) is 0 Å². The molecule has 3 aromatic carbocycles. The fourth-order valence-electron chi connectivity index (χ4n) is 2.21. The van der Waals surface area contributed by atoms with Crippen molar-refractivity contribution in [2.45, 2.75) is 23.6 Å². The highest BCUT2D eigenvalue weighted by Gasteiger charge is 2.10. The normalized spacial score (nSPS) is 9.74. The first-order valence-electron chi connectivity index (χ1n) is 8.58. The molecular weight excluding hydrogens is 360 g/mol. The van der Waals surface area contributed by atoms with Gasteiger partial charge in [-0.15, -0.1) is 0 Å². The lowest BCUT2D eigenvalue weighted by molar-refractivity contribution is 0.0693. The number of methoxy groups -OCH3 is 1. The Balaban J connectivity index is 0.00000126. The fourth-order valence-corrected chi connectivity index (χ4v) is 3.15. The Hall–Kier alpha value is -2.92. The summed E-state index contributed by atoms with van der Waals surface area (Å²) in [5.74, 6) is 1.28. The van der Waals surface area contributed by atoms with E-state index in [0.717, 1.165) is 16.4 Å². The first-order valence-corrected chi connectivity index (χ1v) is 9.39. The van der Waals surface area contributed by atoms with Crippen molar-refractivity contribution in [3.05, 3.63) is 78.4 Å². The molecule has 0 spiro atoms. The van der Waals surface area contributed by atoms with Crippen LogP contribution in [0.15, 0.2) is 82.6 Å². The minimum atomic E-state index is -0.928. The average molecular weight is 382 g/mol. The zero-order valence-corrected chi connectivity index (χ0v) is 16.3. The molecule has 0 aromatic heterocycles. The van der Waals surface area contributed by atoms with Crippen LogP contribution in [0.4, 0.5) is 0 Å². The second-order valence-electron chi connectivity index (χ2n) is 5.15. The molecule has 0 saturated carbocycles. The summed E-state index contributed by atoms with van der Waals surface area (Å²) in [7, 11) is 1.62. The Labute approximate surface area is 163 Å². The SMILES string of the molecule is CC.COc1ccc(Oc2ccc(Sc3ccccc3C(=O)O)cc2)cc1. The number of rotatable bonds is 6. The lowest BCUT2D eigenvalue weighted by Gasteiger charge is -2.08. The molecule has 0 aliphatic carbocycles. The van der Waals surface area contributed by atoms with Crippen LogP contribution in [0.1, 0.15) is 24.2 Å². The topological polar surface area (TPSA) is 55.8 Å². The Bertz CT molecular complexity index is 858. The minimum Gasteiger partial charge on any atom is -0.497 e. The summed E-state index contributed by atoms with van der Waals surface area (Å²) in [6.45, 7) is 4.00. The van der Waals surface area contributed by atoms with Crippen molar-refractivity contribution in [1.29, 1.82) is 0 Å². The van der Waals surface area contributed by atoms with Crippen LogP contribution < -0.4 is 9.47 Å². The molecule has 0 unspecified atom stereocenters. The second-order valence-corrected chi connectivity index (χ2v) is 6.27. The van der Waals surface area contributed by atoms with Gasteiger partial charge in [-0.2, -0.15) is 0 Å². The molecule has 4 nitrogen and oxygen atoms in total. The van der Waals surface area contributed by atoms with Gasteiger partial charge in [-0.05, 0) is 60.7 Å². The quantitative estimate of drug-likeness (QED) is 0.537. The van der Waals surface area contributed by atoms with E-state index in [4.69, 9.17) is 9.47 Å². The average Bonchev–Trinajstić information content (AvgIpc) is 2.72. The fraction of sp³-hybridized carbons (Fsp3) is 0.136. The molecule has 0 bridgehead atoms. The Morgan fingerprint density at radius 3 is 1.89 bits per heavy atom. The summed E-state index contributed by atoms with van der Waals surface area (Å²) in [5, 5.41) is 9.25. The van der Waals surface area contributed by atoms with Crippen molar-refractivity contribution >= 4 is 17.7 Å². The lowest BCUT2D eigenvalue weighted by atomic mass is 10.2. The van der Waals surface area contributed by atoms with E-state index in [1.165, 1.54) is 11.8 Å². The van der Waals surface area contributed by atoms with Gasteiger partial charge in [0.05, 0.1) is 12.7 Å². The number of hydrogen-bond acceptors (Lipinski definition) is 4. The molecule has 3 aromatic rings. The van der Waals surface area contributed by atoms with Crippen LogP contribution in [-0.2, 0) is 0 Å². The van der Waals surface area contributed by atoms with Crippen molar-refractivity contribution in [3.63, 3.8) is 0 Å². The molecule has 0 atom stereocenters. The highest BCUT2D eigenvalue weighted by atomic mass is 32.2. The Kier molecular flexibility index (Phi) is 7.77. The van der Waals surface area contributed by atoms with Gasteiger partial charge < -0.3 is 14.6 Å². The van der Waals surface area contributed by atoms with Crippen molar-refractivity contribution in [2.24, 2.45) is 0 Å². The van der Waals surface area contributed by atoms with Crippen molar-refractivity contribution < 1.29 is 19.4 Å². The smallest absolute Gasteiger partial charge is 0.336 e. The van der Waals surface area contributed by atoms with Crippen LogP contribution in [0.5, 0.6) is 17.2 Å². The third-order valence-electron chi connectivity index (χ3n) is 3.46. The summed E-state index contributed by atoms with van der Waals surface area (Å²) in [6, 6.07) is 21.8. The Morgan fingerprint density at radius 1 is 0.815 bits per heavy atom. The van der Waals surface area contributed by atoms with Crippen molar-refractivity contribution in [3.8, 4) is 17.2 Å². The van der Waals surface area contributed by atoms with Gasteiger partial charge in [-0.25, -0.2) is 4.79 Å². The standard InChI is InChI=1S/C20H16O4S.C2H6/c1-23-14-6-8-15(9-7-14)24-16-10-12-17(13-11-16)25-19-5-3-2-4-18(19)20(21)22;1-2/h2-13H,1H3,(H,21,22);1-2H3. The van der Waals surface area contributed by atoms with Crippen LogP contribution in [0.25, 0.3) is 0 Å². The van der Waals surface area contributed by atoms with E-state index in [2.05, 4.69) is 0 Å². The molecule has 0 radical (unpaired) electrons. The predicted octanol–water partition coefficient (Wildman–Crippen LogP) is 6.36. The third kappa shape index (κ3) is 5.79. The van der Waals surface area contributed by atoms with Crippen LogP contribution in [-0.4, -0.2) is 18.2 Å². The number of benzene rings is 3. The number of carboxylic acids is 1. The molecular formula is C22H22O4S. The monoisotopic (exact) mass is 382 g/mol. The van der Waals surface area contributed by atoms with Crippen LogP contribution in [0, 0.1) is 0 Å². The van der Waals surface area contributed by atoms with E-state index >= 15 is 0 Å². The molecule has 140 valence electrons. The molecule has 0 heterocycles. The van der Waals surface area contributed by atoms with Crippen LogP contribution in [0.3, 0.4) is 0 Å². The molecule has 0 saturated heterocycles. The maximum absolute atomic E-state index is 11.3. The molecule has 0 aliphatic heterocycles. The molecule has 5 heteroatoms. The zero-order valence-electron chi connectivity index (χ0n) is 15.5.